The van der Waals surface area contributed by atoms with Crippen LogP contribution in [0.25, 0.3) is 0 Å². The summed E-state index contributed by atoms with van der Waals surface area (Å²) < 4.78 is 56.8. The first-order valence-corrected chi connectivity index (χ1v) is 11.8. The maximum atomic E-state index is 12.6. The summed E-state index contributed by atoms with van der Waals surface area (Å²) >= 11 is 0. The summed E-state index contributed by atoms with van der Waals surface area (Å²) in [5, 5.41) is 0. The molecule has 2 aromatic rings. The average Bonchev–Trinajstić information content (AvgIpc) is 3.23. The van der Waals surface area contributed by atoms with Crippen LogP contribution in [0, 0.1) is 0 Å². The molecule has 0 radical (unpaired) electrons. The molecule has 0 bridgehead atoms. The molecular weight excluding hydrogens is 402 g/mol. The quantitative estimate of drug-likeness (QED) is 0.502. The summed E-state index contributed by atoms with van der Waals surface area (Å²) in [5.41, 5.74) is 0.182. The number of para-hydroxylation sites is 1. The van der Waals surface area contributed by atoms with Gasteiger partial charge in [-0.1, -0.05) is 19.1 Å². The van der Waals surface area contributed by atoms with Crippen molar-refractivity contribution >= 4 is 25.9 Å². The molecule has 7 nitrogen and oxygen atoms in total. The Balaban J connectivity index is 1.87. The minimum Gasteiger partial charge on any atom is -0.378 e. The Morgan fingerprint density at radius 3 is 2.11 bits per heavy atom. The molecule has 0 atom stereocenters. The molecule has 0 aromatic heterocycles. The van der Waals surface area contributed by atoms with E-state index in [2.05, 4.69) is 0 Å². The van der Waals surface area contributed by atoms with Crippen LogP contribution in [0.1, 0.15) is 36.5 Å². The fourth-order valence-electron chi connectivity index (χ4n) is 2.98. The van der Waals surface area contributed by atoms with Gasteiger partial charge in [-0.25, -0.2) is 8.42 Å². The molecule has 0 amide bonds. The number of sulfonamides is 1. The molecule has 1 aliphatic rings. The lowest BCUT2D eigenvalue weighted by Crippen LogP contribution is -2.27. The molecule has 1 heterocycles. The summed E-state index contributed by atoms with van der Waals surface area (Å²) in [6.07, 6.45) is 1.84. The second-order valence-electron chi connectivity index (χ2n) is 6.39. The normalized spacial score (nSPS) is 15.5. The van der Waals surface area contributed by atoms with E-state index in [-0.39, 0.29) is 33.3 Å². The smallest absolute Gasteiger partial charge is 0.339 e. The SMILES string of the molecule is CCC(=O)c1ccccc1OS(=O)(=O)c1ccc(S(=O)(=O)N2CCCC2)cc1. The van der Waals surface area contributed by atoms with Crippen molar-refractivity contribution < 1.29 is 25.8 Å². The molecule has 0 aliphatic carbocycles. The first-order valence-electron chi connectivity index (χ1n) is 8.92. The molecule has 150 valence electrons. The van der Waals surface area contributed by atoms with E-state index >= 15 is 0 Å². The van der Waals surface area contributed by atoms with Crippen LogP contribution in [-0.2, 0) is 20.1 Å². The minimum atomic E-state index is -4.22. The Morgan fingerprint density at radius 1 is 0.929 bits per heavy atom. The van der Waals surface area contributed by atoms with Gasteiger partial charge in [-0.15, -0.1) is 0 Å². The summed E-state index contributed by atoms with van der Waals surface area (Å²) in [4.78, 5) is 11.8. The van der Waals surface area contributed by atoms with Crippen LogP contribution in [-0.4, -0.2) is 40.0 Å². The zero-order chi connectivity index (χ0) is 20.4. The van der Waals surface area contributed by atoms with E-state index in [9.17, 15) is 21.6 Å². The number of ketones is 1. The molecule has 2 aromatic carbocycles. The van der Waals surface area contributed by atoms with Gasteiger partial charge in [0.15, 0.2) is 11.5 Å². The van der Waals surface area contributed by atoms with Gasteiger partial charge >= 0.3 is 10.1 Å². The number of hydrogen-bond donors (Lipinski definition) is 0. The topological polar surface area (TPSA) is 97.8 Å². The number of carbonyl (C=O) groups is 1. The third-order valence-corrected chi connectivity index (χ3v) is 7.68. The van der Waals surface area contributed by atoms with Crippen LogP contribution in [0.2, 0.25) is 0 Å². The molecule has 3 rings (SSSR count). The number of Topliss-reactive ketones (excluding diaryl/α,β-unsaturated/α-hetero) is 1. The van der Waals surface area contributed by atoms with Crippen LogP contribution < -0.4 is 4.18 Å². The standard InChI is InChI=1S/C19H21NO6S2/c1-2-18(21)17-7-3-4-8-19(17)26-28(24,25)16-11-9-15(10-12-16)27(22,23)20-13-5-6-14-20/h3-4,7-12H,2,5-6,13-14H2,1H3. The number of hydrogen-bond acceptors (Lipinski definition) is 6. The third-order valence-electron chi connectivity index (χ3n) is 4.52. The van der Waals surface area contributed by atoms with Crippen LogP contribution in [0.3, 0.4) is 0 Å². The van der Waals surface area contributed by atoms with Gasteiger partial charge in [-0.05, 0) is 49.2 Å². The van der Waals surface area contributed by atoms with Crippen molar-refractivity contribution in [3.63, 3.8) is 0 Å². The largest absolute Gasteiger partial charge is 0.378 e. The van der Waals surface area contributed by atoms with Gasteiger partial charge in [0, 0.05) is 19.5 Å². The molecule has 0 spiro atoms. The van der Waals surface area contributed by atoms with E-state index in [1.165, 1.54) is 40.7 Å². The van der Waals surface area contributed by atoms with Gasteiger partial charge in [0.25, 0.3) is 0 Å². The van der Waals surface area contributed by atoms with E-state index in [0.717, 1.165) is 12.8 Å². The van der Waals surface area contributed by atoms with Crippen LogP contribution in [0.4, 0.5) is 0 Å². The van der Waals surface area contributed by atoms with Crippen LogP contribution >= 0.6 is 0 Å². The molecule has 0 saturated carbocycles. The first-order chi connectivity index (χ1) is 13.3. The van der Waals surface area contributed by atoms with E-state index < -0.39 is 20.1 Å². The molecule has 0 unspecified atom stereocenters. The average molecular weight is 424 g/mol. The molecule has 28 heavy (non-hydrogen) atoms. The Hall–Kier alpha value is -2.23. The molecule has 1 saturated heterocycles. The predicted molar refractivity (Wildman–Crippen MR) is 103 cm³/mol. The van der Waals surface area contributed by atoms with Gasteiger partial charge in [0.1, 0.15) is 4.90 Å². The van der Waals surface area contributed by atoms with Gasteiger partial charge in [0.2, 0.25) is 10.0 Å². The maximum Gasteiger partial charge on any atom is 0.339 e. The molecule has 1 fully saturated rings. The Morgan fingerprint density at radius 2 is 1.50 bits per heavy atom. The Bertz CT molecular complexity index is 1070. The summed E-state index contributed by atoms with van der Waals surface area (Å²) in [6.45, 7) is 2.61. The van der Waals surface area contributed by atoms with Crippen molar-refractivity contribution in [2.45, 2.75) is 36.0 Å². The highest BCUT2D eigenvalue weighted by Gasteiger charge is 2.28. The van der Waals surface area contributed by atoms with Crippen molar-refractivity contribution in [1.82, 2.24) is 4.31 Å². The lowest BCUT2D eigenvalue weighted by atomic mass is 10.1. The van der Waals surface area contributed by atoms with Gasteiger partial charge in [-0.2, -0.15) is 12.7 Å². The van der Waals surface area contributed by atoms with E-state index in [0.29, 0.717) is 13.1 Å². The van der Waals surface area contributed by atoms with E-state index in [4.69, 9.17) is 4.18 Å². The second-order valence-corrected chi connectivity index (χ2v) is 9.88. The van der Waals surface area contributed by atoms with Crippen molar-refractivity contribution in [3.05, 3.63) is 54.1 Å². The molecule has 9 heteroatoms. The van der Waals surface area contributed by atoms with Crippen molar-refractivity contribution in [2.75, 3.05) is 13.1 Å². The van der Waals surface area contributed by atoms with Crippen molar-refractivity contribution in [1.29, 1.82) is 0 Å². The highest BCUT2D eigenvalue weighted by molar-refractivity contribution is 7.89. The van der Waals surface area contributed by atoms with Crippen molar-refractivity contribution in [2.24, 2.45) is 0 Å². The molecular formula is C19H21NO6S2. The van der Waals surface area contributed by atoms with Gasteiger partial charge < -0.3 is 4.18 Å². The van der Waals surface area contributed by atoms with Crippen LogP contribution in [0.15, 0.2) is 58.3 Å². The fraction of sp³-hybridized carbons (Fsp3) is 0.316. The minimum absolute atomic E-state index is 0.0370. The lowest BCUT2D eigenvalue weighted by molar-refractivity contribution is 0.0986. The zero-order valence-electron chi connectivity index (χ0n) is 15.4. The summed E-state index contributed by atoms with van der Waals surface area (Å²) in [5.74, 6) is -0.291. The number of rotatable bonds is 7. The summed E-state index contributed by atoms with van der Waals surface area (Å²) in [7, 11) is -7.85. The third kappa shape index (κ3) is 4.11. The highest BCUT2D eigenvalue weighted by atomic mass is 32.2. The highest BCUT2D eigenvalue weighted by Crippen LogP contribution is 2.26. The fourth-order valence-corrected chi connectivity index (χ4v) is 5.45. The number of carbonyl (C=O) groups excluding carboxylic acids is 1. The Labute approximate surface area is 165 Å². The predicted octanol–water partition coefficient (Wildman–Crippen LogP) is 2.83. The summed E-state index contributed by atoms with van der Waals surface area (Å²) in [6, 6.07) is 11.0. The maximum absolute atomic E-state index is 12.6. The van der Waals surface area contributed by atoms with Crippen molar-refractivity contribution in [3.8, 4) is 5.75 Å². The van der Waals surface area contributed by atoms with Gasteiger partial charge in [-0.3, -0.25) is 4.79 Å². The zero-order valence-corrected chi connectivity index (χ0v) is 17.0. The van der Waals surface area contributed by atoms with Crippen LogP contribution in [0.5, 0.6) is 5.75 Å². The lowest BCUT2D eigenvalue weighted by Gasteiger charge is -2.15. The second kappa shape index (κ2) is 8.02. The molecule has 0 N–H and O–H groups in total. The molecule has 1 aliphatic heterocycles. The first kappa shape index (κ1) is 20.5. The van der Waals surface area contributed by atoms with Gasteiger partial charge in [0.05, 0.1) is 10.5 Å². The van der Waals surface area contributed by atoms with E-state index in [1.54, 1.807) is 19.1 Å². The number of benzene rings is 2. The Kier molecular flexibility index (Phi) is 5.87. The van der Waals surface area contributed by atoms with E-state index in [1.807, 2.05) is 0 Å². The monoisotopic (exact) mass is 423 g/mol. The number of nitrogens with zero attached hydrogens (tertiary/aromatic N) is 1.